The highest BCUT2D eigenvalue weighted by molar-refractivity contribution is 8.00. The number of rotatable bonds is 14. The number of carbonyl (C=O) groups excluding carboxylic acids is 1. The third-order valence-corrected chi connectivity index (χ3v) is 7.38. The van der Waals surface area contributed by atoms with E-state index in [4.69, 9.17) is 18.9 Å². The van der Waals surface area contributed by atoms with Gasteiger partial charge in [-0.25, -0.2) is 4.89 Å². The van der Waals surface area contributed by atoms with Gasteiger partial charge >= 0.3 is 0 Å². The molecule has 0 aliphatic carbocycles. The maximum atomic E-state index is 12.7. The summed E-state index contributed by atoms with van der Waals surface area (Å²) in [6, 6.07) is 4.57. The van der Waals surface area contributed by atoms with E-state index >= 15 is 0 Å². The number of ether oxygens (including phenoxy) is 4. The van der Waals surface area contributed by atoms with Gasteiger partial charge in [0, 0.05) is 24.1 Å². The minimum Gasteiger partial charge on any atom is -0.497 e. The molecule has 1 heterocycles. The number of nitrogens with one attached hydrogen (secondary N) is 1. The molecule has 0 bridgehead atoms. The largest absolute Gasteiger partial charge is 0.497 e. The van der Waals surface area contributed by atoms with E-state index in [1.165, 1.54) is 33.3 Å². The summed E-state index contributed by atoms with van der Waals surface area (Å²) in [5, 5.41) is 62.6. The van der Waals surface area contributed by atoms with Crippen LogP contribution in [0.3, 0.4) is 0 Å². The zero-order valence-electron chi connectivity index (χ0n) is 21.1. The molecular weight excluding hydrogens is 514 g/mol. The van der Waals surface area contributed by atoms with Crippen molar-refractivity contribution in [2.45, 2.75) is 61.3 Å². The third-order valence-electron chi connectivity index (χ3n) is 6.03. The summed E-state index contributed by atoms with van der Waals surface area (Å²) in [4.78, 5) is 17.1. The van der Waals surface area contributed by atoms with Crippen LogP contribution >= 0.6 is 11.8 Å². The lowest BCUT2D eigenvalue weighted by molar-refractivity contribution is -0.335. The molecule has 0 spiro atoms. The predicted molar refractivity (Wildman–Crippen MR) is 131 cm³/mol. The zero-order valence-corrected chi connectivity index (χ0v) is 21.9. The van der Waals surface area contributed by atoms with Crippen molar-refractivity contribution >= 4 is 17.7 Å². The highest BCUT2D eigenvalue weighted by Gasteiger charge is 2.46. The van der Waals surface area contributed by atoms with Gasteiger partial charge in [0.25, 0.3) is 5.91 Å². The minimum absolute atomic E-state index is 0.208. The fraction of sp³-hybridized carbons (Fsp3) is 0.696. The van der Waals surface area contributed by atoms with E-state index in [0.717, 1.165) is 11.8 Å². The van der Waals surface area contributed by atoms with Crippen LogP contribution in [0.15, 0.2) is 18.2 Å². The van der Waals surface area contributed by atoms with Gasteiger partial charge < -0.3 is 49.8 Å². The third kappa shape index (κ3) is 8.38. The number of carbonyl (C=O) groups is 1. The van der Waals surface area contributed by atoms with Gasteiger partial charge in [0.05, 0.1) is 39.6 Å². The maximum Gasteiger partial charge on any atom is 0.251 e. The Morgan fingerprint density at radius 2 is 1.78 bits per heavy atom. The quantitative estimate of drug-likeness (QED) is 0.0861. The Balaban J connectivity index is 2.19. The topological polar surface area (TPSA) is 197 Å². The van der Waals surface area contributed by atoms with Crippen molar-refractivity contribution in [3.8, 4) is 11.5 Å². The summed E-state index contributed by atoms with van der Waals surface area (Å²) in [5.74, 6) is -0.332. The van der Waals surface area contributed by atoms with Gasteiger partial charge in [0.2, 0.25) is 0 Å². The number of methoxy groups -OCH3 is 2. The zero-order chi connectivity index (χ0) is 27.7. The standard InChI is InChI=1S/C23H37NO12S/c1-11-17(9-25)34-23(19(29)20(11)36-31)37-22(35-18(10-26)12(2)27)16(28)8-24-21(30)13-5-14(32-3)7-15(6-13)33-4/h5-7,11-12,16-20,22-23,25-29,31H,8-10H2,1-4H3,(H,24,30)/t11?,12-,16+,17-,18?,19?,20?,22?,23+/m1/s1. The first-order valence-electron chi connectivity index (χ1n) is 11.6. The fourth-order valence-electron chi connectivity index (χ4n) is 3.70. The molecule has 2 rings (SSSR count). The molecule has 7 N–H and O–H groups in total. The smallest absolute Gasteiger partial charge is 0.251 e. The van der Waals surface area contributed by atoms with E-state index in [-0.39, 0.29) is 12.1 Å². The number of aliphatic hydroxyl groups excluding tert-OH is 5. The number of thioether (sulfide) groups is 1. The molecule has 0 aromatic heterocycles. The molecular formula is C23H37NO12S. The van der Waals surface area contributed by atoms with E-state index in [1.54, 1.807) is 13.0 Å². The first-order valence-corrected chi connectivity index (χ1v) is 12.6. The lowest BCUT2D eigenvalue weighted by Gasteiger charge is -2.42. The minimum atomic E-state index is -1.41. The summed E-state index contributed by atoms with van der Waals surface area (Å²) >= 11 is 0.783. The van der Waals surface area contributed by atoms with Gasteiger partial charge in [-0.15, -0.1) is 0 Å². The summed E-state index contributed by atoms with van der Waals surface area (Å²) in [6.07, 6.45) is -6.92. The van der Waals surface area contributed by atoms with Crippen molar-refractivity contribution in [1.29, 1.82) is 0 Å². The average molecular weight is 552 g/mol. The van der Waals surface area contributed by atoms with Crippen molar-refractivity contribution in [1.82, 2.24) is 5.32 Å². The Labute approximate surface area is 219 Å². The Morgan fingerprint density at radius 1 is 1.16 bits per heavy atom. The summed E-state index contributed by atoms with van der Waals surface area (Å²) < 4.78 is 21.8. The van der Waals surface area contributed by atoms with Crippen LogP contribution in [0.1, 0.15) is 24.2 Å². The van der Waals surface area contributed by atoms with Gasteiger partial charge in [-0.1, -0.05) is 18.7 Å². The summed E-state index contributed by atoms with van der Waals surface area (Å²) in [5.41, 5.74) is -2.17. The molecule has 1 aromatic carbocycles. The molecule has 1 fully saturated rings. The van der Waals surface area contributed by atoms with Crippen LogP contribution in [0.2, 0.25) is 0 Å². The summed E-state index contributed by atoms with van der Waals surface area (Å²) in [7, 11) is 2.88. The molecule has 0 saturated carbocycles. The van der Waals surface area contributed by atoms with Crippen LogP contribution < -0.4 is 14.8 Å². The first-order chi connectivity index (χ1) is 17.6. The second-order valence-corrected chi connectivity index (χ2v) is 9.83. The van der Waals surface area contributed by atoms with Crippen molar-refractivity contribution in [3.63, 3.8) is 0 Å². The van der Waals surface area contributed by atoms with Crippen molar-refractivity contribution in [2.75, 3.05) is 34.0 Å². The molecule has 9 atom stereocenters. The van der Waals surface area contributed by atoms with Gasteiger partial charge in [0.1, 0.15) is 46.8 Å². The Hall–Kier alpha value is -1.72. The molecule has 212 valence electrons. The van der Waals surface area contributed by atoms with Crippen LogP contribution in [-0.2, 0) is 14.4 Å². The van der Waals surface area contributed by atoms with Crippen molar-refractivity contribution < 1.29 is 59.4 Å². The monoisotopic (exact) mass is 551 g/mol. The first kappa shape index (κ1) is 31.5. The van der Waals surface area contributed by atoms with Crippen LogP contribution in [0.4, 0.5) is 0 Å². The van der Waals surface area contributed by atoms with Gasteiger partial charge in [-0.3, -0.25) is 10.1 Å². The molecule has 5 unspecified atom stereocenters. The van der Waals surface area contributed by atoms with Crippen LogP contribution in [0.25, 0.3) is 0 Å². The van der Waals surface area contributed by atoms with Crippen LogP contribution in [0, 0.1) is 5.92 Å². The Bertz CT molecular complexity index is 824. The number of hydrogen-bond acceptors (Lipinski definition) is 13. The molecule has 37 heavy (non-hydrogen) atoms. The maximum absolute atomic E-state index is 12.7. The van der Waals surface area contributed by atoms with Gasteiger partial charge in [0.15, 0.2) is 0 Å². The molecule has 14 heteroatoms. The normalized spacial score (nSPS) is 27.1. The van der Waals surface area contributed by atoms with Crippen molar-refractivity contribution in [3.05, 3.63) is 23.8 Å². The van der Waals surface area contributed by atoms with Gasteiger partial charge in [-0.2, -0.15) is 0 Å². The molecule has 1 aliphatic rings. The van der Waals surface area contributed by atoms with E-state index in [9.17, 15) is 35.6 Å². The number of aliphatic hydroxyl groups is 5. The Kier molecular flexibility index (Phi) is 12.8. The van der Waals surface area contributed by atoms with Crippen molar-refractivity contribution in [2.24, 2.45) is 5.92 Å². The second-order valence-electron chi connectivity index (χ2n) is 8.63. The van der Waals surface area contributed by atoms with Crippen LogP contribution in [-0.4, -0.2) is 118 Å². The van der Waals surface area contributed by atoms with E-state index in [2.05, 4.69) is 10.2 Å². The highest BCUT2D eigenvalue weighted by atomic mass is 32.2. The molecule has 1 saturated heterocycles. The fourth-order valence-corrected chi connectivity index (χ4v) is 4.97. The molecule has 0 radical (unpaired) electrons. The summed E-state index contributed by atoms with van der Waals surface area (Å²) in [6.45, 7) is 1.68. The number of hydrogen-bond donors (Lipinski definition) is 7. The molecule has 1 aliphatic heterocycles. The highest BCUT2D eigenvalue weighted by Crippen LogP contribution is 2.36. The van der Waals surface area contributed by atoms with E-state index < -0.39 is 72.5 Å². The molecule has 1 amide bonds. The Morgan fingerprint density at radius 3 is 2.27 bits per heavy atom. The predicted octanol–water partition coefficient (Wildman–Crippen LogP) is -0.815. The molecule has 13 nitrogen and oxygen atoms in total. The lowest BCUT2D eigenvalue weighted by Crippen LogP contribution is -2.55. The number of amides is 1. The van der Waals surface area contributed by atoms with E-state index in [1.807, 2.05) is 0 Å². The average Bonchev–Trinajstić information content (AvgIpc) is 2.90. The van der Waals surface area contributed by atoms with Gasteiger partial charge in [-0.05, 0) is 19.1 Å². The number of benzene rings is 1. The van der Waals surface area contributed by atoms with E-state index in [0.29, 0.717) is 11.5 Å². The molecule has 1 aromatic rings. The van der Waals surface area contributed by atoms with Crippen LogP contribution in [0.5, 0.6) is 11.5 Å². The second kappa shape index (κ2) is 15.0. The lowest BCUT2D eigenvalue weighted by atomic mass is 9.92. The SMILES string of the molecule is COc1cc(OC)cc(C(=O)NC[C@H](O)C(OC(CO)[C@@H](C)O)S[C@@H]2O[C@H](CO)C(C)C(OO)C2O)c1.